The first-order chi connectivity index (χ1) is 14.4. The zero-order chi connectivity index (χ0) is 21.4. The largest absolute Gasteiger partial charge is 0.352 e. The van der Waals surface area contributed by atoms with E-state index in [2.05, 4.69) is 42.0 Å². The van der Waals surface area contributed by atoms with Gasteiger partial charge in [0, 0.05) is 24.1 Å². The summed E-state index contributed by atoms with van der Waals surface area (Å²) in [6.45, 7) is 9.29. The highest BCUT2D eigenvalue weighted by Crippen LogP contribution is 2.41. The Balaban J connectivity index is 1.85. The highest BCUT2D eigenvalue weighted by molar-refractivity contribution is 7.80. The number of pyridine rings is 1. The maximum Gasteiger partial charge on any atom is 0.170 e. The van der Waals surface area contributed by atoms with E-state index in [0.29, 0.717) is 11.6 Å². The van der Waals surface area contributed by atoms with Crippen LogP contribution in [0.1, 0.15) is 48.6 Å². The van der Waals surface area contributed by atoms with Gasteiger partial charge >= 0.3 is 0 Å². The molecule has 3 heterocycles. The van der Waals surface area contributed by atoms with Gasteiger partial charge in [0.05, 0.1) is 23.5 Å². The fourth-order valence-electron chi connectivity index (χ4n) is 4.42. The lowest BCUT2D eigenvalue weighted by atomic mass is 9.96. The van der Waals surface area contributed by atoms with Crippen LogP contribution in [-0.4, -0.2) is 26.1 Å². The Hall–Kier alpha value is -2.73. The molecule has 30 heavy (non-hydrogen) atoms. The number of thiocarbonyl (C=S) groups is 1. The molecule has 0 unspecified atom stereocenters. The van der Waals surface area contributed by atoms with Crippen molar-refractivity contribution < 1.29 is 4.39 Å². The van der Waals surface area contributed by atoms with Gasteiger partial charge in [0.1, 0.15) is 5.82 Å². The Labute approximate surface area is 182 Å². The molecule has 0 saturated carbocycles. The molecule has 2 aromatic heterocycles. The first kappa shape index (κ1) is 20.5. The molecule has 1 aliphatic rings. The summed E-state index contributed by atoms with van der Waals surface area (Å²) in [6.07, 6.45) is 1.81. The second-order valence-corrected chi connectivity index (χ2v) is 8.67. The molecule has 1 aromatic carbocycles. The maximum absolute atomic E-state index is 14.6. The molecule has 1 aliphatic heterocycles. The van der Waals surface area contributed by atoms with Crippen LogP contribution in [0.5, 0.6) is 0 Å². The Morgan fingerprint density at radius 3 is 2.53 bits per heavy atom. The summed E-state index contributed by atoms with van der Waals surface area (Å²) < 4.78 is 16.6. The van der Waals surface area contributed by atoms with Crippen molar-refractivity contribution >= 4 is 17.3 Å². The molecule has 1 saturated heterocycles. The highest BCUT2D eigenvalue weighted by atomic mass is 32.1. The molecule has 0 spiro atoms. The molecule has 4 rings (SSSR count). The fourth-order valence-corrected chi connectivity index (χ4v) is 4.74. The SMILES string of the molecule is Cc1cc([C@H]2[C@H](c3ccccn3)NC(=S)N2CC(C)C)c(C)n1-c1ccccc1F. The molecule has 6 heteroatoms. The second-order valence-electron chi connectivity index (χ2n) is 8.29. The van der Waals surface area contributed by atoms with Gasteiger partial charge in [-0.05, 0) is 67.9 Å². The van der Waals surface area contributed by atoms with Gasteiger partial charge in [-0.2, -0.15) is 0 Å². The summed E-state index contributed by atoms with van der Waals surface area (Å²) in [5.74, 6) is 0.219. The third-order valence-electron chi connectivity index (χ3n) is 5.64. The van der Waals surface area contributed by atoms with E-state index in [1.165, 1.54) is 6.07 Å². The van der Waals surface area contributed by atoms with E-state index < -0.39 is 0 Å². The zero-order valence-corrected chi connectivity index (χ0v) is 18.6. The molecule has 0 aliphatic carbocycles. The molecule has 2 atom stereocenters. The fraction of sp³-hybridized carbons (Fsp3) is 0.333. The van der Waals surface area contributed by atoms with Crippen molar-refractivity contribution in [2.45, 2.75) is 39.8 Å². The van der Waals surface area contributed by atoms with Crippen molar-refractivity contribution in [2.75, 3.05) is 6.54 Å². The Kier molecular flexibility index (Phi) is 5.60. The minimum absolute atomic E-state index is 0.0125. The highest BCUT2D eigenvalue weighted by Gasteiger charge is 2.41. The van der Waals surface area contributed by atoms with E-state index in [0.717, 1.165) is 34.3 Å². The summed E-state index contributed by atoms with van der Waals surface area (Å²) in [6, 6.07) is 14.9. The quantitative estimate of drug-likeness (QED) is 0.569. The number of rotatable bonds is 5. The molecular weight excluding hydrogens is 395 g/mol. The van der Waals surface area contributed by atoms with E-state index in [1.54, 1.807) is 6.07 Å². The minimum Gasteiger partial charge on any atom is -0.352 e. The number of aromatic nitrogens is 2. The number of hydrogen-bond acceptors (Lipinski definition) is 2. The first-order valence-corrected chi connectivity index (χ1v) is 10.7. The number of nitrogens with one attached hydrogen (secondary N) is 1. The van der Waals surface area contributed by atoms with Crippen molar-refractivity contribution in [1.82, 2.24) is 19.8 Å². The van der Waals surface area contributed by atoms with E-state index in [-0.39, 0.29) is 17.9 Å². The van der Waals surface area contributed by atoms with Crippen LogP contribution in [0.3, 0.4) is 0 Å². The summed E-state index contributed by atoms with van der Waals surface area (Å²) in [7, 11) is 0. The van der Waals surface area contributed by atoms with Crippen LogP contribution in [0.4, 0.5) is 4.39 Å². The lowest BCUT2D eigenvalue weighted by Crippen LogP contribution is -2.33. The van der Waals surface area contributed by atoms with Gasteiger partial charge in [0.15, 0.2) is 5.11 Å². The number of halogens is 1. The summed E-state index contributed by atoms with van der Waals surface area (Å²) >= 11 is 5.73. The Bertz CT molecular complexity index is 1060. The van der Waals surface area contributed by atoms with Gasteiger partial charge in [0.25, 0.3) is 0 Å². The third kappa shape index (κ3) is 3.60. The van der Waals surface area contributed by atoms with Gasteiger partial charge < -0.3 is 14.8 Å². The van der Waals surface area contributed by atoms with Crippen LogP contribution in [-0.2, 0) is 0 Å². The minimum atomic E-state index is -0.230. The molecular formula is C24H27FN4S. The lowest BCUT2D eigenvalue weighted by molar-refractivity contribution is 0.287. The predicted octanol–water partition coefficient (Wildman–Crippen LogP) is 5.26. The van der Waals surface area contributed by atoms with E-state index in [4.69, 9.17) is 12.2 Å². The molecule has 1 N–H and O–H groups in total. The lowest BCUT2D eigenvalue weighted by Gasteiger charge is -2.29. The van der Waals surface area contributed by atoms with Crippen molar-refractivity contribution in [3.8, 4) is 5.69 Å². The topological polar surface area (TPSA) is 33.1 Å². The normalized spacial score (nSPS) is 18.9. The molecule has 4 nitrogen and oxygen atoms in total. The number of aryl methyl sites for hydroxylation is 1. The van der Waals surface area contributed by atoms with Crippen LogP contribution in [0.2, 0.25) is 0 Å². The van der Waals surface area contributed by atoms with Gasteiger partial charge in [-0.3, -0.25) is 4.98 Å². The number of nitrogens with zero attached hydrogens (tertiary/aromatic N) is 3. The van der Waals surface area contributed by atoms with Crippen molar-refractivity contribution in [3.63, 3.8) is 0 Å². The Morgan fingerprint density at radius 1 is 1.13 bits per heavy atom. The van der Waals surface area contributed by atoms with E-state index >= 15 is 0 Å². The summed E-state index contributed by atoms with van der Waals surface area (Å²) in [5.41, 5.74) is 4.67. The number of hydrogen-bond donors (Lipinski definition) is 1. The molecule has 3 aromatic rings. The third-order valence-corrected chi connectivity index (χ3v) is 5.99. The molecule has 0 bridgehead atoms. The van der Waals surface area contributed by atoms with Gasteiger partial charge in [-0.15, -0.1) is 0 Å². The molecule has 156 valence electrons. The second kappa shape index (κ2) is 8.19. The smallest absolute Gasteiger partial charge is 0.170 e. The summed E-state index contributed by atoms with van der Waals surface area (Å²) in [5, 5.41) is 4.23. The first-order valence-electron chi connectivity index (χ1n) is 10.3. The average Bonchev–Trinajstić information content (AvgIpc) is 3.18. The van der Waals surface area contributed by atoms with Crippen LogP contribution in [0.25, 0.3) is 5.69 Å². The van der Waals surface area contributed by atoms with E-state index in [9.17, 15) is 4.39 Å². The van der Waals surface area contributed by atoms with Crippen molar-refractivity contribution in [3.05, 3.63) is 83.2 Å². The van der Waals surface area contributed by atoms with Gasteiger partial charge in [0.2, 0.25) is 0 Å². The van der Waals surface area contributed by atoms with Gasteiger partial charge in [-0.1, -0.05) is 32.0 Å². The number of para-hydroxylation sites is 1. The standard InChI is InChI=1S/C24H27FN4S/c1-15(2)14-28-23(22(27-24(28)30)20-10-7-8-12-26-20)18-13-16(3)29(17(18)4)21-11-6-5-9-19(21)25/h5-13,15,22-23H,14H2,1-4H3,(H,27,30)/t22-,23-/m0/s1. The predicted molar refractivity (Wildman–Crippen MR) is 122 cm³/mol. The number of benzene rings is 1. The van der Waals surface area contributed by atoms with Crippen LogP contribution in [0, 0.1) is 25.6 Å². The monoisotopic (exact) mass is 422 g/mol. The average molecular weight is 423 g/mol. The van der Waals surface area contributed by atoms with Crippen LogP contribution >= 0.6 is 12.2 Å². The van der Waals surface area contributed by atoms with Crippen LogP contribution < -0.4 is 5.32 Å². The van der Waals surface area contributed by atoms with Crippen molar-refractivity contribution in [1.29, 1.82) is 0 Å². The molecule has 1 fully saturated rings. The van der Waals surface area contributed by atoms with Crippen LogP contribution in [0.15, 0.2) is 54.7 Å². The van der Waals surface area contributed by atoms with Crippen molar-refractivity contribution in [2.24, 2.45) is 5.92 Å². The molecule has 0 radical (unpaired) electrons. The Morgan fingerprint density at radius 2 is 1.87 bits per heavy atom. The van der Waals surface area contributed by atoms with Gasteiger partial charge in [-0.25, -0.2) is 4.39 Å². The zero-order valence-electron chi connectivity index (χ0n) is 17.8. The summed E-state index contributed by atoms with van der Waals surface area (Å²) in [4.78, 5) is 6.86. The maximum atomic E-state index is 14.6. The molecule has 0 amide bonds. The van der Waals surface area contributed by atoms with E-state index in [1.807, 2.05) is 48.0 Å².